The van der Waals surface area contributed by atoms with Gasteiger partial charge in [-0.05, 0) is 52.0 Å². The van der Waals surface area contributed by atoms with E-state index in [1.54, 1.807) is 0 Å². The Morgan fingerprint density at radius 3 is 2.44 bits per heavy atom. The Labute approximate surface area is 117 Å². The highest BCUT2D eigenvalue weighted by Gasteiger charge is 2.00. The molecule has 1 aromatic heterocycles. The second kappa shape index (κ2) is 6.01. The van der Waals surface area contributed by atoms with Crippen molar-refractivity contribution in [3.05, 3.63) is 57.7 Å². The number of benzene rings is 1. The van der Waals surface area contributed by atoms with Crippen LogP contribution < -0.4 is 5.32 Å². The monoisotopic (exact) mass is 304 g/mol. The number of halogens is 1. The summed E-state index contributed by atoms with van der Waals surface area (Å²) >= 11 is 3.42. The maximum atomic E-state index is 4.37. The van der Waals surface area contributed by atoms with Crippen molar-refractivity contribution in [1.82, 2.24) is 4.98 Å². The van der Waals surface area contributed by atoms with Crippen LogP contribution in [-0.4, -0.2) is 4.98 Å². The van der Waals surface area contributed by atoms with Gasteiger partial charge in [0.05, 0.1) is 0 Å². The summed E-state index contributed by atoms with van der Waals surface area (Å²) in [4.78, 5) is 4.37. The zero-order chi connectivity index (χ0) is 13.0. The molecule has 0 saturated carbocycles. The summed E-state index contributed by atoms with van der Waals surface area (Å²) in [5.74, 6) is 0.942. The van der Waals surface area contributed by atoms with Gasteiger partial charge in [-0.15, -0.1) is 0 Å². The maximum absolute atomic E-state index is 4.37. The van der Waals surface area contributed by atoms with Crippen LogP contribution in [0.4, 0.5) is 5.82 Å². The van der Waals surface area contributed by atoms with Crippen LogP contribution in [0.3, 0.4) is 0 Å². The summed E-state index contributed by atoms with van der Waals surface area (Å²) in [6.07, 6.45) is 2.90. The fourth-order valence-corrected chi connectivity index (χ4v) is 2.25. The van der Waals surface area contributed by atoms with Gasteiger partial charge in [0.25, 0.3) is 0 Å². The predicted octanol–water partition coefficient (Wildman–Crippen LogP) is 4.33. The van der Waals surface area contributed by atoms with E-state index in [4.69, 9.17) is 0 Å². The number of aryl methyl sites for hydroxylation is 2. The van der Waals surface area contributed by atoms with Crippen molar-refractivity contribution < 1.29 is 0 Å². The van der Waals surface area contributed by atoms with Crippen LogP contribution in [-0.2, 0) is 13.0 Å². The molecular weight excluding hydrogens is 288 g/mol. The molecule has 0 radical (unpaired) electrons. The molecule has 2 aromatic rings. The van der Waals surface area contributed by atoms with E-state index in [0.717, 1.165) is 28.8 Å². The first kappa shape index (κ1) is 13.1. The zero-order valence-electron chi connectivity index (χ0n) is 10.7. The number of hydrogen-bond donors (Lipinski definition) is 1. The maximum Gasteiger partial charge on any atom is 0.129 e. The lowest BCUT2D eigenvalue weighted by Crippen LogP contribution is -2.03. The van der Waals surface area contributed by atoms with Crippen molar-refractivity contribution in [2.75, 3.05) is 5.32 Å². The number of anilines is 1. The fourth-order valence-electron chi connectivity index (χ4n) is 1.80. The molecule has 0 atom stereocenters. The molecule has 18 heavy (non-hydrogen) atoms. The van der Waals surface area contributed by atoms with Crippen LogP contribution in [0.2, 0.25) is 0 Å². The number of pyridine rings is 1. The lowest BCUT2D eigenvalue weighted by Gasteiger charge is -2.09. The Kier molecular flexibility index (Phi) is 4.37. The minimum atomic E-state index is 0.805. The standard InChI is InChI=1S/C15H17BrN2/c1-3-12-4-6-13(7-5-12)9-17-15-11(2)8-14(16)10-18-15/h4-8,10H,3,9H2,1-2H3,(H,17,18). The average Bonchev–Trinajstić information content (AvgIpc) is 2.38. The zero-order valence-corrected chi connectivity index (χ0v) is 12.3. The van der Waals surface area contributed by atoms with E-state index in [2.05, 4.69) is 70.4 Å². The van der Waals surface area contributed by atoms with Gasteiger partial charge in [0.15, 0.2) is 0 Å². The van der Waals surface area contributed by atoms with Crippen LogP contribution in [0, 0.1) is 6.92 Å². The van der Waals surface area contributed by atoms with E-state index in [1.165, 1.54) is 11.1 Å². The van der Waals surface area contributed by atoms with Crippen LogP contribution in [0.15, 0.2) is 41.0 Å². The molecule has 0 saturated heterocycles. The van der Waals surface area contributed by atoms with Gasteiger partial charge >= 0.3 is 0 Å². The molecule has 0 fully saturated rings. The number of nitrogens with one attached hydrogen (secondary N) is 1. The highest BCUT2D eigenvalue weighted by molar-refractivity contribution is 9.10. The third-order valence-electron chi connectivity index (χ3n) is 2.94. The molecule has 0 aliphatic heterocycles. The minimum absolute atomic E-state index is 0.805. The summed E-state index contributed by atoms with van der Waals surface area (Å²) in [5.41, 5.74) is 3.79. The van der Waals surface area contributed by atoms with Gasteiger partial charge in [-0.25, -0.2) is 4.98 Å². The molecular formula is C15H17BrN2. The molecule has 0 aliphatic rings. The highest BCUT2D eigenvalue weighted by atomic mass is 79.9. The van der Waals surface area contributed by atoms with E-state index in [1.807, 2.05) is 6.20 Å². The number of nitrogens with zero attached hydrogens (tertiary/aromatic N) is 1. The SMILES string of the molecule is CCc1ccc(CNc2ncc(Br)cc2C)cc1. The Hall–Kier alpha value is -1.35. The first-order chi connectivity index (χ1) is 8.69. The molecule has 1 N–H and O–H groups in total. The van der Waals surface area contributed by atoms with Gasteiger partial charge in [0, 0.05) is 17.2 Å². The van der Waals surface area contributed by atoms with Gasteiger partial charge in [-0.3, -0.25) is 0 Å². The average molecular weight is 305 g/mol. The first-order valence-corrected chi connectivity index (χ1v) is 6.92. The summed E-state index contributed by atoms with van der Waals surface area (Å²) < 4.78 is 1.01. The molecule has 2 rings (SSSR count). The normalized spacial score (nSPS) is 10.4. The lowest BCUT2D eigenvalue weighted by molar-refractivity contribution is 1.08. The van der Waals surface area contributed by atoms with Gasteiger partial charge in [0.2, 0.25) is 0 Å². The van der Waals surface area contributed by atoms with E-state index in [-0.39, 0.29) is 0 Å². The third-order valence-corrected chi connectivity index (χ3v) is 3.37. The van der Waals surface area contributed by atoms with Crippen molar-refractivity contribution in [2.45, 2.75) is 26.8 Å². The summed E-state index contributed by atoms with van der Waals surface area (Å²) in [6.45, 7) is 5.03. The van der Waals surface area contributed by atoms with Crippen molar-refractivity contribution in [2.24, 2.45) is 0 Å². The first-order valence-electron chi connectivity index (χ1n) is 6.13. The summed E-state index contributed by atoms with van der Waals surface area (Å²) in [7, 11) is 0. The van der Waals surface area contributed by atoms with Gasteiger partial charge < -0.3 is 5.32 Å². The van der Waals surface area contributed by atoms with Crippen molar-refractivity contribution >= 4 is 21.7 Å². The topological polar surface area (TPSA) is 24.9 Å². The second-order valence-electron chi connectivity index (χ2n) is 4.34. The van der Waals surface area contributed by atoms with Crippen LogP contribution in [0.1, 0.15) is 23.6 Å². The molecule has 94 valence electrons. The third kappa shape index (κ3) is 3.33. The highest BCUT2D eigenvalue weighted by Crippen LogP contribution is 2.17. The molecule has 3 heteroatoms. The van der Waals surface area contributed by atoms with E-state index >= 15 is 0 Å². The molecule has 0 spiro atoms. The van der Waals surface area contributed by atoms with Crippen LogP contribution in [0.5, 0.6) is 0 Å². The summed E-state index contributed by atoms with van der Waals surface area (Å²) in [6, 6.07) is 10.8. The van der Waals surface area contributed by atoms with Crippen molar-refractivity contribution in [3.63, 3.8) is 0 Å². The molecule has 1 aromatic carbocycles. The number of rotatable bonds is 4. The Bertz CT molecular complexity index is 521. The summed E-state index contributed by atoms with van der Waals surface area (Å²) in [5, 5.41) is 3.36. The molecule has 1 heterocycles. The molecule has 0 unspecified atom stereocenters. The second-order valence-corrected chi connectivity index (χ2v) is 5.26. The van der Waals surface area contributed by atoms with Crippen molar-refractivity contribution in [3.8, 4) is 0 Å². The lowest BCUT2D eigenvalue weighted by atomic mass is 10.1. The van der Waals surface area contributed by atoms with Crippen molar-refractivity contribution in [1.29, 1.82) is 0 Å². The predicted molar refractivity (Wildman–Crippen MR) is 79.8 cm³/mol. The molecule has 0 amide bonds. The molecule has 2 nitrogen and oxygen atoms in total. The number of aromatic nitrogens is 1. The Balaban J connectivity index is 2.02. The van der Waals surface area contributed by atoms with E-state index < -0.39 is 0 Å². The Morgan fingerprint density at radius 1 is 1.17 bits per heavy atom. The number of hydrogen-bond acceptors (Lipinski definition) is 2. The quantitative estimate of drug-likeness (QED) is 0.909. The van der Waals surface area contributed by atoms with E-state index in [0.29, 0.717) is 0 Å². The van der Waals surface area contributed by atoms with Gasteiger partial charge in [-0.2, -0.15) is 0 Å². The van der Waals surface area contributed by atoms with Crippen LogP contribution >= 0.6 is 15.9 Å². The fraction of sp³-hybridized carbons (Fsp3) is 0.267. The van der Waals surface area contributed by atoms with E-state index in [9.17, 15) is 0 Å². The van der Waals surface area contributed by atoms with Crippen LogP contribution in [0.25, 0.3) is 0 Å². The Morgan fingerprint density at radius 2 is 1.83 bits per heavy atom. The van der Waals surface area contributed by atoms with Gasteiger partial charge in [-0.1, -0.05) is 31.2 Å². The minimum Gasteiger partial charge on any atom is -0.366 e. The van der Waals surface area contributed by atoms with Gasteiger partial charge in [0.1, 0.15) is 5.82 Å². The molecule has 0 aliphatic carbocycles. The largest absolute Gasteiger partial charge is 0.366 e. The molecule has 0 bridgehead atoms. The smallest absolute Gasteiger partial charge is 0.129 e.